The second-order valence-electron chi connectivity index (χ2n) is 13.5. The van der Waals surface area contributed by atoms with Crippen molar-refractivity contribution < 1.29 is 19.7 Å². The highest BCUT2D eigenvalue weighted by Gasteiger charge is 2.49. The fourth-order valence-electron chi connectivity index (χ4n) is 8.32. The fourth-order valence-corrected chi connectivity index (χ4v) is 9.63. The molecule has 0 fully saturated rings. The summed E-state index contributed by atoms with van der Waals surface area (Å²) in [5.41, 5.74) is 14.9. The molecule has 9 rings (SSSR count). The average Bonchev–Trinajstić information content (AvgIpc) is 4.04. The molecule has 2 aromatic heterocycles. The Labute approximate surface area is 329 Å². The summed E-state index contributed by atoms with van der Waals surface area (Å²) < 4.78 is 12.5. The molecule has 4 nitrogen and oxygen atoms in total. The Morgan fingerprint density at radius 1 is 0.418 bits per heavy atom. The molecule has 0 amide bonds. The monoisotopic (exact) mass is 754 g/mol. The molecule has 2 heterocycles. The predicted molar refractivity (Wildman–Crippen MR) is 226 cm³/mol. The summed E-state index contributed by atoms with van der Waals surface area (Å²) in [5.74, 6) is 1.43. The smallest absolute Gasteiger partial charge is 0.127 e. The summed E-state index contributed by atoms with van der Waals surface area (Å²) in [6, 6.07) is 51.8. The molecule has 1 aliphatic rings. The van der Waals surface area contributed by atoms with Crippen LogP contribution in [0.3, 0.4) is 0 Å². The van der Waals surface area contributed by atoms with Crippen LogP contribution in [0.2, 0.25) is 0 Å². The number of ether oxygens (including phenoxy) is 2. The Balaban J connectivity index is 1.46. The van der Waals surface area contributed by atoms with Crippen molar-refractivity contribution in [1.29, 1.82) is 0 Å². The predicted octanol–water partition coefficient (Wildman–Crippen LogP) is 11.6. The Hall–Kier alpha value is -5.76. The van der Waals surface area contributed by atoms with Gasteiger partial charge in [0.05, 0.1) is 18.6 Å². The van der Waals surface area contributed by atoms with Crippen molar-refractivity contribution in [2.24, 2.45) is 0 Å². The summed E-state index contributed by atoms with van der Waals surface area (Å²) in [6.07, 6.45) is 0. The summed E-state index contributed by atoms with van der Waals surface area (Å²) in [4.78, 5) is 0. The third-order valence-electron chi connectivity index (χ3n) is 10.5. The lowest BCUT2D eigenvalue weighted by molar-refractivity contribution is 0.202. The molecular weight excluding hydrogens is 717 g/mol. The van der Waals surface area contributed by atoms with E-state index in [-0.39, 0.29) is 26.4 Å². The molecule has 8 aromatic rings. The van der Waals surface area contributed by atoms with E-state index in [2.05, 4.69) is 131 Å². The number of hydrogen-bond acceptors (Lipinski definition) is 6. The maximum atomic E-state index is 9.82. The summed E-state index contributed by atoms with van der Waals surface area (Å²) >= 11 is 3.41. The Morgan fingerprint density at radius 2 is 0.855 bits per heavy atom. The second-order valence-corrected chi connectivity index (χ2v) is 15.1. The first-order valence-electron chi connectivity index (χ1n) is 18.4. The van der Waals surface area contributed by atoms with E-state index in [1.165, 1.54) is 44.5 Å². The molecule has 6 aromatic carbocycles. The summed E-state index contributed by atoms with van der Waals surface area (Å²) in [5, 5.41) is 28.4. The highest BCUT2D eigenvalue weighted by atomic mass is 32.1. The van der Waals surface area contributed by atoms with Crippen molar-refractivity contribution in [2.45, 2.75) is 5.41 Å². The van der Waals surface area contributed by atoms with E-state index in [1.807, 2.05) is 36.4 Å². The van der Waals surface area contributed by atoms with Gasteiger partial charge in [-0.2, -0.15) is 22.7 Å². The minimum atomic E-state index is -0.820. The van der Waals surface area contributed by atoms with Crippen LogP contribution in [0.15, 0.2) is 167 Å². The first kappa shape index (κ1) is 35.0. The van der Waals surface area contributed by atoms with Crippen LogP contribution in [0.1, 0.15) is 22.3 Å². The first-order chi connectivity index (χ1) is 27.2. The van der Waals surface area contributed by atoms with Crippen LogP contribution in [0.5, 0.6) is 11.5 Å². The molecule has 55 heavy (non-hydrogen) atoms. The minimum Gasteiger partial charge on any atom is -0.491 e. The van der Waals surface area contributed by atoms with E-state index in [4.69, 9.17) is 9.47 Å². The molecule has 1 aliphatic carbocycles. The fraction of sp³-hybridized carbons (Fsp3) is 0.102. The van der Waals surface area contributed by atoms with Gasteiger partial charge in [-0.3, -0.25) is 0 Å². The van der Waals surface area contributed by atoms with Crippen molar-refractivity contribution in [3.8, 4) is 67.1 Å². The van der Waals surface area contributed by atoms with Gasteiger partial charge >= 0.3 is 0 Å². The Kier molecular flexibility index (Phi) is 9.65. The van der Waals surface area contributed by atoms with Gasteiger partial charge in [-0.1, -0.05) is 109 Å². The van der Waals surface area contributed by atoms with E-state index in [1.54, 1.807) is 22.7 Å². The zero-order chi connectivity index (χ0) is 37.2. The SMILES string of the molecule is OCCOc1ccc(C2(c3ccc(OCCO)c(-c4ccccc4)c3)c3c(-c4ccsc4)cccc3-c3cccc(-c4ccsc4)c32)cc1-c1ccccc1. The van der Waals surface area contributed by atoms with Crippen molar-refractivity contribution in [2.75, 3.05) is 26.4 Å². The van der Waals surface area contributed by atoms with E-state index in [0.29, 0.717) is 11.5 Å². The van der Waals surface area contributed by atoms with Gasteiger partial charge in [-0.25, -0.2) is 0 Å². The van der Waals surface area contributed by atoms with Gasteiger partial charge in [0.2, 0.25) is 0 Å². The number of benzene rings is 6. The zero-order valence-electron chi connectivity index (χ0n) is 30.0. The number of aliphatic hydroxyl groups is 2. The standard InChI is InChI=1S/C49H38O4S2/c50-23-25-52-45-19-17-37(29-43(45)33-9-3-1-4-10-33)49(38-18-20-46(53-26-24-51)44(30-38)34-11-5-2-6-12-34)47-39(35-21-27-54-31-35)13-7-15-41(47)42-16-8-14-40(48(42)49)36-22-28-55-32-36/h1-22,27-32,50-51H,23-26H2. The van der Waals surface area contributed by atoms with Crippen LogP contribution < -0.4 is 9.47 Å². The third-order valence-corrected chi connectivity index (χ3v) is 11.9. The Morgan fingerprint density at radius 3 is 1.25 bits per heavy atom. The lowest BCUT2D eigenvalue weighted by Gasteiger charge is -2.37. The molecule has 0 spiro atoms. The highest BCUT2D eigenvalue weighted by Crippen LogP contribution is 2.62. The van der Waals surface area contributed by atoms with Gasteiger partial charge in [-0.15, -0.1) is 0 Å². The molecule has 0 radical (unpaired) electrons. The highest BCUT2D eigenvalue weighted by molar-refractivity contribution is 7.08. The van der Waals surface area contributed by atoms with E-state index in [0.717, 1.165) is 33.4 Å². The van der Waals surface area contributed by atoms with Crippen LogP contribution >= 0.6 is 22.7 Å². The number of rotatable bonds is 12. The van der Waals surface area contributed by atoms with Gasteiger partial charge in [0.15, 0.2) is 0 Å². The number of thiophene rings is 2. The van der Waals surface area contributed by atoms with E-state index >= 15 is 0 Å². The normalized spacial score (nSPS) is 12.6. The summed E-state index contributed by atoms with van der Waals surface area (Å²) in [6.45, 7) is 0.218. The largest absolute Gasteiger partial charge is 0.491 e. The molecule has 0 atom stereocenters. The van der Waals surface area contributed by atoms with Crippen LogP contribution in [0.4, 0.5) is 0 Å². The van der Waals surface area contributed by atoms with E-state index < -0.39 is 5.41 Å². The van der Waals surface area contributed by atoms with Crippen molar-refractivity contribution in [3.63, 3.8) is 0 Å². The maximum Gasteiger partial charge on any atom is 0.127 e. The van der Waals surface area contributed by atoms with Crippen molar-refractivity contribution >= 4 is 22.7 Å². The van der Waals surface area contributed by atoms with Gasteiger partial charge in [0.1, 0.15) is 24.7 Å². The molecule has 6 heteroatoms. The quantitative estimate of drug-likeness (QED) is 0.130. The van der Waals surface area contributed by atoms with Gasteiger partial charge in [0, 0.05) is 11.1 Å². The molecule has 2 N–H and O–H groups in total. The zero-order valence-corrected chi connectivity index (χ0v) is 31.7. The lowest BCUT2D eigenvalue weighted by atomic mass is 9.64. The second kappa shape index (κ2) is 15.2. The van der Waals surface area contributed by atoms with Crippen LogP contribution in [0.25, 0.3) is 55.6 Å². The van der Waals surface area contributed by atoms with Crippen LogP contribution in [0, 0.1) is 0 Å². The van der Waals surface area contributed by atoms with Crippen molar-refractivity contribution in [1.82, 2.24) is 0 Å². The molecule has 0 unspecified atom stereocenters. The number of aliphatic hydroxyl groups excluding tert-OH is 2. The molecule has 0 saturated heterocycles. The topological polar surface area (TPSA) is 58.9 Å². The van der Waals surface area contributed by atoms with Crippen LogP contribution in [-0.4, -0.2) is 36.6 Å². The molecule has 0 saturated carbocycles. The van der Waals surface area contributed by atoms with Gasteiger partial charge in [-0.05, 0) is 125 Å². The van der Waals surface area contributed by atoms with Crippen molar-refractivity contribution in [3.05, 3.63) is 189 Å². The molecule has 270 valence electrons. The molecular formula is C49H38O4S2. The van der Waals surface area contributed by atoms with E-state index in [9.17, 15) is 10.2 Å². The number of fused-ring (bicyclic) bond motifs is 3. The van der Waals surface area contributed by atoms with Gasteiger partial charge in [0.25, 0.3) is 0 Å². The third kappa shape index (κ3) is 6.08. The molecule has 0 aliphatic heterocycles. The number of hydrogen-bond donors (Lipinski definition) is 2. The van der Waals surface area contributed by atoms with Crippen LogP contribution in [-0.2, 0) is 5.41 Å². The maximum absolute atomic E-state index is 9.82. The lowest BCUT2D eigenvalue weighted by Crippen LogP contribution is -2.30. The first-order valence-corrected chi connectivity index (χ1v) is 20.3. The van der Waals surface area contributed by atoms with Gasteiger partial charge < -0.3 is 19.7 Å². The average molecular weight is 755 g/mol. The summed E-state index contributed by atoms with van der Waals surface area (Å²) in [7, 11) is 0. The minimum absolute atomic E-state index is 0.0817. The molecule has 0 bridgehead atoms. The Bertz CT molecular complexity index is 2380.